The van der Waals surface area contributed by atoms with E-state index in [4.69, 9.17) is 11.6 Å². The topological polar surface area (TPSA) is 70.8 Å². The van der Waals surface area contributed by atoms with Gasteiger partial charge in [0.15, 0.2) is 9.84 Å². The molecule has 23 heavy (non-hydrogen) atoms. The number of hydrogen-bond donors (Lipinski definition) is 0. The minimum absolute atomic E-state index is 0.00589. The zero-order valence-corrected chi connectivity index (χ0v) is 14.2. The second-order valence-corrected chi connectivity index (χ2v) is 8.29. The molecule has 0 saturated heterocycles. The van der Waals surface area contributed by atoms with Crippen molar-refractivity contribution in [2.45, 2.75) is 30.1 Å². The summed E-state index contributed by atoms with van der Waals surface area (Å²) in [6.45, 7) is 1.57. The Kier molecular flexibility index (Phi) is 3.91. The minimum Gasteiger partial charge on any atom is -0.243 e. The Labute approximate surface area is 140 Å². The van der Waals surface area contributed by atoms with Gasteiger partial charge in [-0.1, -0.05) is 42.8 Å². The fourth-order valence-corrected chi connectivity index (χ4v) is 3.91. The van der Waals surface area contributed by atoms with E-state index >= 15 is 0 Å². The fraction of sp³-hybridized carbons (Fsp3) is 0.294. The van der Waals surface area contributed by atoms with Crippen molar-refractivity contribution in [2.24, 2.45) is 0 Å². The fourth-order valence-electron chi connectivity index (χ4n) is 2.53. The maximum Gasteiger partial charge on any atom is 0.181 e. The number of rotatable bonds is 4. The van der Waals surface area contributed by atoms with Crippen molar-refractivity contribution in [3.8, 4) is 17.2 Å². The van der Waals surface area contributed by atoms with Crippen LogP contribution in [-0.2, 0) is 15.3 Å². The molecule has 1 saturated carbocycles. The lowest BCUT2D eigenvalue weighted by molar-refractivity contribution is 0.597. The minimum atomic E-state index is -3.42. The number of sulfone groups is 1. The summed E-state index contributed by atoms with van der Waals surface area (Å²) in [5.41, 5.74) is 2.22. The summed E-state index contributed by atoms with van der Waals surface area (Å²) in [6.07, 6.45) is 3.34. The summed E-state index contributed by atoms with van der Waals surface area (Å²) in [4.78, 5) is 4.06. The van der Waals surface area contributed by atoms with Crippen LogP contribution in [0.25, 0.3) is 11.1 Å². The molecule has 0 radical (unpaired) electrons. The van der Waals surface area contributed by atoms with E-state index in [2.05, 4.69) is 11.1 Å². The highest BCUT2D eigenvalue weighted by Gasteiger charge is 2.44. The summed E-state index contributed by atoms with van der Waals surface area (Å²) >= 11 is 5.93. The molecule has 0 spiro atoms. The predicted molar refractivity (Wildman–Crippen MR) is 88.9 cm³/mol. The molecule has 1 aliphatic carbocycles. The Bertz CT molecular complexity index is 895. The third kappa shape index (κ3) is 2.85. The van der Waals surface area contributed by atoms with Gasteiger partial charge in [0, 0.05) is 11.8 Å². The number of pyridine rings is 1. The number of benzene rings is 1. The molecule has 1 heterocycles. The average molecular weight is 347 g/mol. The maximum absolute atomic E-state index is 12.1. The summed E-state index contributed by atoms with van der Waals surface area (Å²) in [6, 6.07) is 11.5. The van der Waals surface area contributed by atoms with Crippen molar-refractivity contribution in [1.82, 2.24) is 4.98 Å². The maximum atomic E-state index is 12.1. The summed E-state index contributed by atoms with van der Waals surface area (Å²) in [5, 5.41) is 9.23. The molecule has 3 rings (SSSR count). The molecule has 0 amide bonds. The Balaban J connectivity index is 2.00. The van der Waals surface area contributed by atoms with E-state index in [1.807, 2.05) is 24.3 Å². The second kappa shape index (κ2) is 5.63. The highest BCUT2D eigenvalue weighted by molar-refractivity contribution is 7.91. The monoisotopic (exact) mass is 346 g/mol. The van der Waals surface area contributed by atoms with Gasteiger partial charge in [-0.3, -0.25) is 0 Å². The van der Waals surface area contributed by atoms with E-state index in [0.717, 1.165) is 24.0 Å². The van der Waals surface area contributed by atoms with Crippen molar-refractivity contribution in [3.05, 3.63) is 47.2 Å². The first kappa shape index (κ1) is 16.0. The van der Waals surface area contributed by atoms with Crippen molar-refractivity contribution in [3.63, 3.8) is 0 Å². The third-order valence-corrected chi connectivity index (χ3v) is 6.41. The Morgan fingerprint density at radius 2 is 1.91 bits per heavy atom. The Hall–Kier alpha value is -1.90. The quantitative estimate of drug-likeness (QED) is 0.790. The number of nitrogens with zero attached hydrogens (tertiary/aromatic N) is 2. The normalized spacial score (nSPS) is 15.9. The standard InChI is InChI=1S/C17H15ClN2O2S/c1-2-23(21,22)15-9-13(10-20-16(15)18)12-3-5-14(6-4-12)17(11-19)7-8-17/h3-6,9-10H,2,7-8H2,1H3. The van der Waals surface area contributed by atoms with Gasteiger partial charge in [0.2, 0.25) is 0 Å². The highest BCUT2D eigenvalue weighted by atomic mass is 35.5. The van der Waals surface area contributed by atoms with Crippen LogP contribution < -0.4 is 0 Å². The van der Waals surface area contributed by atoms with Crippen LogP contribution >= 0.6 is 11.6 Å². The second-order valence-electron chi connectivity index (χ2n) is 5.69. The van der Waals surface area contributed by atoms with Crippen LogP contribution in [-0.4, -0.2) is 19.2 Å². The number of aromatic nitrogens is 1. The van der Waals surface area contributed by atoms with Gasteiger partial charge in [-0.15, -0.1) is 0 Å². The van der Waals surface area contributed by atoms with Gasteiger partial charge in [0.05, 0.1) is 17.2 Å². The van der Waals surface area contributed by atoms with Crippen LogP contribution in [0.3, 0.4) is 0 Å². The molecule has 1 fully saturated rings. The molecule has 0 aliphatic heterocycles. The van der Waals surface area contributed by atoms with Crippen LogP contribution in [0.15, 0.2) is 41.4 Å². The first-order valence-corrected chi connectivity index (χ1v) is 9.35. The van der Waals surface area contributed by atoms with E-state index in [1.54, 1.807) is 19.2 Å². The molecule has 0 unspecified atom stereocenters. The van der Waals surface area contributed by atoms with E-state index < -0.39 is 9.84 Å². The van der Waals surface area contributed by atoms with Gasteiger partial charge < -0.3 is 0 Å². The molecule has 4 nitrogen and oxygen atoms in total. The summed E-state index contributed by atoms with van der Waals surface area (Å²) in [7, 11) is -3.42. The highest BCUT2D eigenvalue weighted by Crippen LogP contribution is 2.47. The van der Waals surface area contributed by atoms with Crippen LogP contribution in [0.5, 0.6) is 0 Å². The predicted octanol–water partition coefficient (Wildman–Crippen LogP) is 3.75. The molecule has 0 bridgehead atoms. The van der Waals surface area contributed by atoms with Gasteiger partial charge >= 0.3 is 0 Å². The van der Waals surface area contributed by atoms with E-state index in [-0.39, 0.29) is 21.2 Å². The van der Waals surface area contributed by atoms with Gasteiger partial charge in [0.25, 0.3) is 0 Å². The third-order valence-electron chi connectivity index (χ3n) is 4.26. The van der Waals surface area contributed by atoms with Crippen molar-refractivity contribution >= 4 is 21.4 Å². The molecule has 0 N–H and O–H groups in total. The zero-order valence-electron chi connectivity index (χ0n) is 12.6. The van der Waals surface area contributed by atoms with E-state index in [1.165, 1.54) is 0 Å². The summed E-state index contributed by atoms with van der Waals surface area (Å²) < 4.78 is 24.2. The first-order valence-electron chi connectivity index (χ1n) is 7.32. The van der Waals surface area contributed by atoms with Gasteiger partial charge in [-0.25, -0.2) is 13.4 Å². The smallest absolute Gasteiger partial charge is 0.181 e. The molecule has 1 aliphatic rings. The number of hydrogen-bond acceptors (Lipinski definition) is 4. The lowest BCUT2D eigenvalue weighted by atomic mass is 9.95. The lowest BCUT2D eigenvalue weighted by Crippen LogP contribution is -2.05. The molecular weight excluding hydrogens is 332 g/mol. The van der Waals surface area contributed by atoms with Gasteiger partial charge in [-0.05, 0) is 30.0 Å². The largest absolute Gasteiger partial charge is 0.243 e. The molecule has 1 aromatic carbocycles. The Morgan fingerprint density at radius 3 is 2.43 bits per heavy atom. The molecule has 0 atom stereocenters. The molecule has 2 aromatic rings. The average Bonchev–Trinajstić information content (AvgIpc) is 3.36. The van der Waals surface area contributed by atoms with Crippen LogP contribution in [0.1, 0.15) is 25.3 Å². The van der Waals surface area contributed by atoms with Gasteiger partial charge in [-0.2, -0.15) is 5.26 Å². The van der Waals surface area contributed by atoms with Crippen LogP contribution in [0.2, 0.25) is 5.15 Å². The lowest BCUT2D eigenvalue weighted by Gasteiger charge is -2.09. The number of halogens is 1. The van der Waals surface area contributed by atoms with E-state index in [0.29, 0.717) is 5.56 Å². The molecular formula is C17H15ClN2O2S. The van der Waals surface area contributed by atoms with Gasteiger partial charge in [0.1, 0.15) is 10.0 Å². The molecule has 118 valence electrons. The molecule has 6 heteroatoms. The van der Waals surface area contributed by atoms with Crippen molar-refractivity contribution in [2.75, 3.05) is 5.75 Å². The summed E-state index contributed by atoms with van der Waals surface area (Å²) in [5.74, 6) is -0.0263. The molecule has 1 aromatic heterocycles. The zero-order chi connectivity index (χ0) is 16.7. The van der Waals surface area contributed by atoms with Crippen LogP contribution in [0.4, 0.5) is 0 Å². The van der Waals surface area contributed by atoms with Crippen LogP contribution in [0, 0.1) is 11.3 Å². The number of nitriles is 1. The van der Waals surface area contributed by atoms with Crippen molar-refractivity contribution < 1.29 is 8.42 Å². The Morgan fingerprint density at radius 1 is 1.26 bits per heavy atom. The first-order chi connectivity index (χ1) is 10.9. The van der Waals surface area contributed by atoms with E-state index in [9.17, 15) is 13.7 Å². The SMILES string of the molecule is CCS(=O)(=O)c1cc(-c2ccc(C3(C#N)CC3)cc2)cnc1Cl. The van der Waals surface area contributed by atoms with Crippen molar-refractivity contribution in [1.29, 1.82) is 5.26 Å².